The Kier molecular flexibility index (Phi) is 3.12. The number of nitrogens with one attached hydrogen (secondary N) is 1. The van der Waals surface area contributed by atoms with E-state index in [1.54, 1.807) is 6.92 Å². The van der Waals surface area contributed by atoms with E-state index in [1.165, 1.54) is 6.42 Å². The molecular weight excluding hydrogens is 150 g/mol. The van der Waals surface area contributed by atoms with E-state index in [0.29, 0.717) is 6.04 Å². The average molecular weight is 169 g/mol. The summed E-state index contributed by atoms with van der Waals surface area (Å²) in [5, 5.41) is 3.00. The van der Waals surface area contributed by atoms with Gasteiger partial charge in [0.2, 0.25) is 5.91 Å². The quantitative estimate of drug-likeness (QED) is 0.638. The molecule has 2 unspecified atom stereocenters. The number of rotatable bonds is 1. The lowest BCUT2D eigenvalue weighted by molar-refractivity contribution is -0.120. The minimum absolute atomic E-state index is 0.112. The minimum Gasteiger partial charge on any atom is -0.354 e. The Morgan fingerprint density at radius 2 is 1.67 bits per heavy atom. The highest BCUT2D eigenvalue weighted by Gasteiger charge is 2.23. The summed E-state index contributed by atoms with van der Waals surface area (Å²) in [6, 6.07) is 0.432. The van der Waals surface area contributed by atoms with Gasteiger partial charge in [-0.15, -0.1) is 0 Å². The summed E-state index contributed by atoms with van der Waals surface area (Å²) in [5.74, 6) is 1.65. The van der Waals surface area contributed by atoms with Gasteiger partial charge in [-0.2, -0.15) is 0 Å². The van der Waals surface area contributed by atoms with Gasteiger partial charge in [0.15, 0.2) is 0 Å². The molecule has 0 aromatic rings. The van der Waals surface area contributed by atoms with Gasteiger partial charge < -0.3 is 5.32 Å². The van der Waals surface area contributed by atoms with E-state index in [-0.39, 0.29) is 5.91 Å². The van der Waals surface area contributed by atoms with Gasteiger partial charge in [0, 0.05) is 13.0 Å². The molecular formula is C10H19NO. The number of hydrogen-bond donors (Lipinski definition) is 1. The zero-order valence-corrected chi connectivity index (χ0v) is 8.26. The van der Waals surface area contributed by atoms with Crippen molar-refractivity contribution < 1.29 is 4.79 Å². The molecule has 1 rings (SSSR count). The lowest BCUT2D eigenvalue weighted by Gasteiger charge is -2.31. The second kappa shape index (κ2) is 3.92. The minimum atomic E-state index is 0.112. The summed E-state index contributed by atoms with van der Waals surface area (Å²) < 4.78 is 0. The largest absolute Gasteiger partial charge is 0.354 e. The Hall–Kier alpha value is -0.530. The molecule has 2 heteroatoms. The van der Waals surface area contributed by atoms with Crippen molar-refractivity contribution in [3.8, 4) is 0 Å². The van der Waals surface area contributed by atoms with E-state index >= 15 is 0 Å². The maximum Gasteiger partial charge on any atom is 0.217 e. The van der Waals surface area contributed by atoms with Crippen molar-refractivity contribution in [1.29, 1.82) is 0 Å². The van der Waals surface area contributed by atoms with Crippen LogP contribution in [0, 0.1) is 11.8 Å². The first kappa shape index (κ1) is 9.56. The van der Waals surface area contributed by atoms with Crippen LogP contribution in [0.3, 0.4) is 0 Å². The van der Waals surface area contributed by atoms with Crippen molar-refractivity contribution in [2.45, 2.75) is 46.1 Å². The Bertz CT molecular complexity index is 157. The molecule has 2 atom stereocenters. The van der Waals surface area contributed by atoms with Gasteiger partial charge in [-0.3, -0.25) is 4.79 Å². The highest BCUT2D eigenvalue weighted by atomic mass is 16.1. The molecule has 1 amide bonds. The van der Waals surface area contributed by atoms with Crippen LogP contribution in [-0.2, 0) is 4.79 Å². The van der Waals surface area contributed by atoms with Crippen molar-refractivity contribution in [3.63, 3.8) is 0 Å². The number of carbonyl (C=O) groups is 1. The first-order valence-electron chi connectivity index (χ1n) is 4.85. The molecule has 0 aromatic carbocycles. The zero-order chi connectivity index (χ0) is 9.14. The van der Waals surface area contributed by atoms with Crippen LogP contribution in [0.5, 0.6) is 0 Å². The van der Waals surface area contributed by atoms with Crippen molar-refractivity contribution >= 4 is 5.91 Å². The van der Waals surface area contributed by atoms with E-state index in [4.69, 9.17) is 0 Å². The maximum absolute atomic E-state index is 10.8. The van der Waals surface area contributed by atoms with Gasteiger partial charge in [-0.25, -0.2) is 0 Å². The summed E-state index contributed by atoms with van der Waals surface area (Å²) in [7, 11) is 0. The Labute approximate surface area is 74.7 Å². The smallest absolute Gasteiger partial charge is 0.217 e. The first-order valence-corrected chi connectivity index (χ1v) is 4.85. The molecule has 0 aromatic heterocycles. The molecule has 1 N–H and O–H groups in total. The third-order valence-electron chi connectivity index (χ3n) is 2.59. The van der Waals surface area contributed by atoms with Gasteiger partial charge in [-0.1, -0.05) is 13.8 Å². The van der Waals surface area contributed by atoms with E-state index < -0.39 is 0 Å². The van der Waals surface area contributed by atoms with Gasteiger partial charge in [-0.05, 0) is 31.1 Å². The maximum atomic E-state index is 10.8. The van der Waals surface area contributed by atoms with Crippen molar-refractivity contribution in [2.75, 3.05) is 0 Å². The van der Waals surface area contributed by atoms with Crippen LogP contribution in [0.25, 0.3) is 0 Å². The fraction of sp³-hybridized carbons (Fsp3) is 0.900. The Morgan fingerprint density at radius 1 is 1.17 bits per heavy atom. The molecule has 0 aliphatic heterocycles. The van der Waals surface area contributed by atoms with Crippen LogP contribution in [-0.4, -0.2) is 11.9 Å². The lowest BCUT2D eigenvalue weighted by atomic mass is 9.80. The molecule has 1 aliphatic carbocycles. The first-order chi connectivity index (χ1) is 5.58. The van der Waals surface area contributed by atoms with E-state index in [9.17, 15) is 4.79 Å². The van der Waals surface area contributed by atoms with Crippen LogP contribution < -0.4 is 5.32 Å². The number of amides is 1. The fourth-order valence-electron chi connectivity index (χ4n) is 2.35. The Morgan fingerprint density at radius 3 is 2.08 bits per heavy atom. The third kappa shape index (κ3) is 2.84. The third-order valence-corrected chi connectivity index (χ3v) is 2.59. The Balaban J connectivity index is 2.38. The molecule has 70 valence electrons. The summed E-state index contributed by atoms with van der Waals surface area (Å²) in [6.45, 7) is 6.14. The summed E-state index contributed by atoms with van der Waals surface area (Å²) in [4.78, 5) is 10.8. The highest BCUT2D eigenvalue weighted by Crippen LogP contribution is 2.28. The monoisotopic (exact) mass is 169 g/mol. The lowest BCUT2D eigenvalue weighted by Crippen LogP contribution is -2.38. The van der Waals surface area contributed by atoms with Crippen LogP contribution in [0.15, 0.2) is 0 Å². The van der Waals surface area contributed by atoms with E-state index in [2.05, 4.69) is 19.2 Å². The van der Waals surface area contributed by atoms with E-state index in [1.807, 2.05) is 0 Å². The molecule has 0 spiro atoms. The molecule has 1 aliphatic rings. The predicted molar refractivity (Wildman–Crippen MR) is 49.8 cm³/mol. The van der Waals surface area contributed by atoms with Crippen LogP contribution in [0.1, 0.15) is 40.0 Å². The second-order valence-electron chi connectivity index (χ2n) is 4.31. The van der Waals surface area contributed by atoms with Crippen LogP contribution >= 0.6 is 0 Å². The topological polar surface area (TPSA) is 29.1 Å². The molecule has 0 heterocycles. The highest BCUT2D eigenvalue weighted by molar-refractivity contribution is 5.73. The summed E-state index contributed by atoms with van der Waals surface area (Å²) in [5.41, 5.74) is 0. The molecule has 1 saturated carbocycles. The normalized spacial score (nSPS) is 36.1. The molecule has 0 radical (unpaired) electrons. The molecule has 0 bridgehead atoms. The van der Waals surface area contributed by atoms with Crippen molar-refractivity contribution in [2.24, 2.45) is 11.8 Å². The predicted octanol–water partition coefficient (Wildman–Crippen LogP) is 1.95. The van der Waals surface area contributed by atoms with Gasteiger partial charge in [0.1, 0.15) is 0 Å². The zero-order valence-electron chi connectivity index (χ0n) is 8.26. The molecule has 12 heavy (non-hydrogen) atoms. The fourth-order valence-corrected chi connectivity index (χ4v) is 2.35. The summed E-state index contributed by atoms with van der Waals surface area (Å²) in [6.07, 6.45) is 3.63. The standard InChI is InChI=1S/C10H19NO/c1-7-4-8(2)6-10(5-7)11-9(3)12/h7-8,10H,4-6H2,1-3H3,(H,11,12). The van der Waals surface area contributed by atoms with Crippen molar-refractivity contribution in [3.05, 3.63) is 0 Å². The average Bonchev–Trinajstić information content (AvgIpc) is 1.81. The van der Waals surface area contributed by atoms with Crippen LogP contribution in [0.4, 0.5) is 0 Å². The number of carbonyl (C=O) groups excluding carboxylic acids is 1. The van der Waals surface area contributed by atoms with E-state index in [0.717, 1.165) is 24.7 Å². The number of hydrogen-bond acceptors (Lipinski definition) is 1. The second-order valence-corrected chi connectivity index (χ2v) is 4.31. The van der Waals surface area contributed by atoms with Gasteiger partial charge in [0.25, 0.3) is 0 Å². The molecule has 0 saturated heterocycles. The summed E-state index contributed by atoms with van der Waals surface area (Å²) >= 11 is 0. The van der Waals surface area contributed by atoms with Gasteiger partial charge in [0.05, 0.1) is 0 Å². The SMILES string of the molecule is CC(=O)NC1CC(C)CC(C)C1. The molecule has 1 fully saturated rings. The van der Waals surface area contributed by atoms with Crippen LogP contribution in [0.2, 0.25) is 0 Å². The molecule has 2 nitrogen and oxygen atoms in total. The van der Waals surface area contributed by atoms with Crippen molar-refractivity contribution in [1.82, 2.24) is 5.32 Å². The van der Waals surface area contributed by atoms with Gasteiger partial charge >= 0.3 is 0 Å².